The molecule has 1 aromatic rings. The molecule has 0 bridgehead atoms. The lowest BCUT2D eigenvalue weighted by atomic mass is 9.97. The molecule has 3 rings (SSSR count). The molecule has 0 aromatic heterocycles. The molecule has 0 radical (unpaired) electrons. The fourth-order valence-electron chi connectivity index (χ4n) is 3.03. The van der Waals surface area contributed by atoms with Gasteiger partial charge in [0.05, 0.1) is 6.61 Å². The Balaban J connectivity index is 1.87. The molecule has 2 aliphatic heterocycles. The van der Waals surface area contributed by atoms with Gasteiger partial charge in [-0.3, -0.25) is 4.79 Å². The lowest BCUT2D eigenvalue weighted by Crippen LogP contribution is -2.61. The Morgan fingerprint density at radius 2 is 2.19 bits per heavy atom. The number of esters is 1. The third kappa shape index (κ3) is 4.09. The Morgan fingerprint density at radius 3 is 2.85 bits per heavy atom. The van der Waals surface area contributed by atoms with Crippen LogP contribution in [0.1, 0.15) is 11.9 Å². The molecule has 0 unspecified atom stereocenters. The van der Waals surface area contributed by atoms with E-state index >= 15 is 0 Å². The highest BCUT2D eigenvalue weighted by molar-refractivity contribution is 7.99. The summed E-state index contributed by atoms with van der Waals surface area (Å²) in [6, 6.07) is 8.67. The molecule has 1 aromatic carbocycles. The summed E-state index contributed by atoms with van der Waals surface area (Å²) in [6.45, 7) is 0.263. The maximum absolute atomic E-state index is 11.8. The maximum Gasteiger partial charge on any atom is 0.321 e. The summed E-state index contributed by atoms with van der Waals surface area (Å²) in [5.74, 6) is -0.915. The predicted octanol–water partition coefficient (Wildman–Crippen LogP) is 3.02. The number of fused-ring (bicyclic) bond motifs is 1. The lowest BCUT2D eigenvalue weighted by molar-refractivity contribution is -0.306. The van der Waals surface area contributed by atoms with Gasteiger partial charge >= 0.3 is 5.97 Å². The average Bonchev–Trinajstić information content (AvgIpc) is 2.69. The summed E-state index contributed by atoms with van der Waals surface area (Å²) >= 11 is 6.95. The van der Waals surface area contributed by atoms with Crippen LogP contribution in [0.5, 0.6) is 0 Å². The number of alkyl halides is 1. The number of halogens is 1. The van der Waals surface area contributed by atoms with Gasteiger partial charge in [-0.2, -0.15) is 0 Å². The number of thioether (sulfide) groups is 1. The van der Waals surface area contributed by atoms with Gasteiger partial charge in [0, 0.05) is 10.5 Å². The normalized spacial score (nSPS) is 33.6. The number of benzene rings is 1. The van der Waals surface area contributed by atoms with Crippen molar-refractivity contribution in [1.82, 2.24) is 0 Å². The van der Waals surface area contributed by atoms with E-state index in [1.165, 1.54) is 11.8 Å². The van der Waals surface area contributed by atoms with Gasteiger partial charge in [0.2, 0.25) is 0 Å². The minimum atomic E-state index is -0.816. The Bertz CT molecular complexity index is 675. The van der Waals surface area contributed by atoms with Gasteiger partial charge in [0.25, 0.3) is 0 Å². The largest absolute Gasteiger partial charge is 0.458 e. The summed E-state index contributed by atoms with van der Waals surface area (Å²) in [4.78, 5) is 14.7. The van der Waals surface area contributed by atoms with Crippen LogP contribution in [0.2, 0.25) is 0 Å². The van der Waals surface area contributed by atoms with Crippen LogP contribution in [0.15, 0.2) is 35.4 Å². The first kappa shape index (κ1) is 19.3. The van der Waals surface area contributed by atoms with E-state index in [0.717, 1.165) is 5.56 Å². The van der Waals surface area contributed by atoms with Gasteiger partial charge in [-0.1, -0.05) is 35.4 Å². The number of rotatable bonds is 5. The van der Waals surface area contributed by atoms with Gasteiger partial charge in [0.15, 0.2) is 6.29 Å². The van der Waals surface area contributed by atoms with E-state index in [2.05, 4.69) is 10.0 Å². The zero-order chi connectivity index (χ0) is 18.5. The smallest absolute Gasteiger partial charge is 0.321 e. The molecule has 2 saturated heterocycles. The zero-order valence-corrected chi connectivity index (χ0v) is 15.5. The molecule has 6 atom stereocenters. The maximum atomic E-state index is 11.8. The molecule has 0 saturated carbocycles. The van der Waals surface area contributed by atoms with Crippen LogP contribution in [-0.4, -0.2) is 54.5 Å². The molecule has 26 heavy (non-hydrogen) atoms. The Kier molecular flexibility index (Phi) is 6.63. The predicted molar refractivity (Wildman–Crippen MR) is 95.7 cm³/mol. The van der Waals surface area contributed by atoms with Crippen molar-refractivity contribution in [3.05, 3.63) is 46.3 Å². The second-order valence-corrected chi connectivity index (χ2v) is 6.94. The van der Waals surface area contributed by atoms with Crippen molar-refractivity contribution in [2.75, 3.05) is 18.7 Å². The molecule has 2 fully saturated rings. The number of hydrogen-bond donors (Lipinski definition) is 0. The van der Waals surface area contributed by atoms with Crippen molar-refractivity contribution in [1.29, 1.82) is 0 Å². The Hall–Kier alpha value is -1.48. The van der Waals surface area contributed by atoms with Crippen LogP contribution in [0, 0.1) is 0 Å². The molecular formula is C16H18ClN3O5S. The third-order valence-corrected chi connectivity index (χ3v) is 5.25. The highest BCUT2D eigenvalue weighted by Crippen LogP contribution is 2.38. The van der Waals surface area contributed by atoms with E-state index in [9.17, 15) is 4.79 Å². The number of ether oxygens (including phenoxy) is 4. The average molecular weight is 400 g/mol. The Morgan fingerprint density at radius 1 is 1.42 bits per heavy atom. The van der Waals surface area contributed by atoms with E-state index in [4.69, 9.17) is 36.1 Å². The van der Waals surface area contributed by atoms with Crippen LogP contribution in [0.25, 0.3) is 10.4 Å². The van der Waals surface area contributed by atoms with E-state index in [0.29, 0.717) is 0 Å². The summed E-state index contributed by atoms with van der Waals surface area (Å²) in [5, 5.41) is 3.79. The molecule has 0 N–H and O–H groups in total. The highest BCUT2D eigenvalue weighted by Gasteiger charge is 2.51. The van der Waals surface area contributed by atoms with Crippen LogP contribution in [-0.2, 0) is 23.7 Å². The van der Waals surface area contributed by atoms with Crippen molar-refractivity contribution < 1.29 is 23.7 Å². The monoisotopic (exact) mass is 399 g/mol. The second-order valence-electron chi connectivity index (χ2n) is 5.74. The number of nitrogens with zero attached hydrogens (tertiary/aromatic N) is 3. The minimum absolute atomic E-state index is 0.263. The first-order valence-electron chi connectivity index (χ1n) is 7.98. The quantitative estimate of drug-likeness (QED) is 0.248. The molecule has 0 spiro atoms. The van der Waals surface area contributed by atoms with Crippen molar-refractivity contribution in [3.8, 4) is 0 Å². The summed E-state index contributed by atoms with van der Waals surface area (Å²) < 4.78 is 23.3. The summed E-state index contributed by atoms with van der Waals surface area (Å²) in [7, 11) is 0. The van der Waals surface area contributed by atoms with Crippen molar-refractivity contribution in [3.63, 3.8) is 0 Å². The lowest BCUT2D eigenvalue weighted by Gasteiger charge is -2.47. The van der Waals surface area contributed by atoms with Crippen LogP contribution in [0.4, 0.5) is 0 Å². The fraction of sp³-hybridized carbons (Fsp3) is 0.562. The van der Waals surface area contributed by atoms with Crippen LogP contribution in [0.3, 0.4) is 0 Å². The first-order valence-corrected chi connectivity index (χ1v) is 9.80. The molecular weight excluding hydrogens is 382 g/mol. The molecule has 8 nitrogen and oxygen atoms in total. The summed E-state index contributed by atoms with van der Waals surface area (Å²) in [6.07, 6.45) is -0.715. The number of carbonyl (C=O) groups is 1. The minimum Gasteiger partial charge on any atom is -0.458 e. The summed E-state index contributed by atoms with van der Waals surface area (Å²) in [5.41, 5.74) is 9.28. The molecule has 2 heterocycles. The SMILES string of the molecule is CS[C@H]1O[C@@H]2CO[C@@H](c3ccccc3)O[C@H]2[C@H](OC(=O)CCl)[C@H]1N=[N+]=[N-]. The molecule has 0 amide bonds. The third-order valence-electron chi connectivity index (χ3n) is 4.17. The van der Waals surface area contributed by atoms with Gasteiger partial charge in [-0.15, -0.1) is 23.4 Å². The molecule has 10 heteroatoms. The van der Waals surface area contributed by atoms with Gasteiger partial charge in [-0.25, -0.2) is 0 Å². The fourth-order valence-corrected chi connectivity index (χ4v) is 3.84. The number of carbonyl (C=O) groups excluding carboxylic acids is 1. The molecule has 140 valence electrons. The number of azide groups is 1. The second kappa shape index (κ2) is 8.94. The highest BCUT2D eigenvalue weighted by atomic mass is 35.5. The van der Waals surface area contributed by atoms with Gasteiger partial charge in [-0.05, 0) is 11.8 Å². The Labute approximate surface area is 159 Å². The van der Waals surface area contributed by atoms with Gasteiger partial charge in [0.1, 0.15) is 35.7 Å². The number of hydrogen-bond acceptors (Lipinski definition) is 7. The van der Waals surface area contributed by atoms with Crippen LogP contribution < -0.4 is 0 Å². The topological polar surface area (TPSA) is 103 Å². The van der Waals surface area contributed by atoms with E-state index < -0.39 is 42.0 Å². The van der Waals surface area contributed by atoms with Crippen LogP contribution >= 0.6 is 23.4 Å². The molecule has 0 aliphatic carbocycles. The zero-order valence-electron chi connectivity index (χ0n) is 13.9. The standard InChI is InChI=1S/C16H18ClN3O5S/c1-26-16-12(19-20-18)14(24-11(21)7-17)13-10(23-16)8-22-15(25-13)9-5-3-2-4-6-9/h2-6,10,12-16H,7-8H2,1H3/t10-,12-,13-,14-,15-,16-/m1/s1. The van der Waals surface area contributed by atoms with Crippen molar-refractivity contribution in [2.45, 2.75) is 36.1 Å². The first-order chi connectivity index (χ1) is 12.7. The van der Waals surface area contributed by atoms with E-state index in [1.807, 2.05) is 36.6 Å². The van der Waals surface area contributed by atoms with Crippen molar-refractivity contribution in [2.24, 2.45) is 5.11 Å². The van der Waals surface area contributed by atoms with Gasteiger partial charge < -0.3 is 18.9 Å². The van der Waals surface area contributed by atoms with Crippen molar-refractivity contribution >= 4 is 29.3 Å². The molecule has 2 aliphatic rings. The van der Waals surface area contributed by atoms with E-state index in [-0.39, 0.29) is 12.5 Å². The van der Waals surface area contributed by atoms with E-state index in [1.54, 1.807) is 0 Å².